The molecule has 3 atom stereocenters. The minimum absolute atomic E-state index is 0.189. The van der Waals surface area contributed by atoms with Crippen LogP contribution in [0, 0.1) is 6.92 Å². The van der Waals surface area contributed by atoms with Crippen molar-refractivity contribution in [2.45, 2.75) is 51.5 Å². The second-order valence-corrected chi connectivity index (χ2v) is 8.02. The molecule has 3 heterocycles. The highest BCUT2D eigenvalue weighted by atomic mass is 16.5. The Morgan fingerprint density at radius 3 is 2.81 bits per heavy atom. The topological polar surface area (TPSA) is 57.9 Å². The number of hydrogen-bond acceptors (Lipinski definition) is 5. The zero-order chi connectivity index (χ0) is 19.1. The highest BCUT2D eigenvalue weighted by Crippen LogP contribution is 2.31. The van der Waals surface area contributed by atoms with Gasteiger partial charge in [-0.3, -0.25) is 14.6 Å². The molecule has 1 N–H and O–H groups in total. The fourth-order valence-corrected chi connectivity index (χ4v) is 4.80. The third-order valence-electron chi connectivity index (χ3n) is 6.31. The summed E-state index contributed by atoms with van der Waals surface area (Å²) in [5, 5.41) is 11.2. The Kier molecular flexibility index (Phi) is 4.97. The van der Waals surface area contributed by atoms with Crippen molar-refractivity contribution < 1.29 is 14.6 Å². The third kappa shape index (κ3) is 3.37. The van der Waals surface area contributed by atoms with Gasteiger partial charge in [0.2, 0.25) is 0 Å². The molecule has 2 aromatic rings. The molecule has 2 aliphatic rings. The van der Waals surface area contributed by atoms with E-state index in [0.717, 1.165) is 43.8 Å². The Bertz CT molecular complexity index is 847. The fraction of sp³-hybridized carbons (Fsp3) is 0.571. The standard InChI is InChI=1S/C21H29N3O3/c1-14-9-23-11-17(25)8-16(23)10-22(14)12-19-15(2)24(13-21(26)27-3)20-7-5-4-6-18(19)20/h4-7,14,16-17,25H,8-13H2,1-3H3/t14-,16+,17-/m1/s1. The van der Waals surface area contributed by atoms with Crippen LogP contribution in [0.1, 0.15) is 24.6 Å². The number of benzene rings is 1. The monoisotopic (exact) mass is 371 g/mol. The van der Waals surface area contributed by atoms with E-state index in [-0.39, 0.29) is 18.6 Å². The number of esters is 1. The van der Waals surface area contributed by atoms with E-state index in [1.54, 1.807) is 0 Å². The van der Waals surface area contributed by atoms with Crippen LogP contribution in [0.3, 0.4) is 0 Å². The van der Waals surface area contributed by atoms with Crippen molar-refractivity contribution in [1.82, 2.24) is 14.4 Å². The number of carbonyl (C=O) groups is 1. The number of aliphatic hydroxyl groups is 1. The van der Waals surface area contributed by atoms with Crippen LogP contribution in [0.25, 0.3) is 10.9 Å². The predicted molar refractivity (Wildman–Crippen MR) is 105 cm³/mol. The molecule has 27 heavy (non-hydrogen) atoms. The van der Waals surface area contributed by atoms with Gasteiger partial charge in [0.1, 0.15) is 6.54 Å². The summed E-state index contributed by atoms with van der Waals surface area (Å²) in [4.78, 5) is 16.9. The average molecular weight is 371 g/mol. The van der Waals surface area contributed by atoms with Crippen molar-refractivity contribution in [3.05, 3.63) is 35.5 Å². The summed E-state index contributed by atoms with van der Waals surface area (Å²) in [7, 11) is 1.43. The highest BCUT2D eigenvalue weighted by Gasteiger charge is 2.38. The van der Waals surface area contributed by atoms with Crippen LogP contribution >= 0.6 is 0 Å². The number of rotatable bonds is 4. The first-order chi connectivity index (χ1) is 13.0. The van der Waals surface area contributed by atoms with E-state index in [2.05, 4.69) is 46.4 Å². The fourth-order valence-electron chi connectivity index (χ4n) is 4.80. The van der Waals surface area contributed by atoms with Crippen molar-refractivity contribution in [3.63, 3.8) is 0 Å². The van der Waals surface area contributed by atoms with Crippen LogP contribution in [0.5, 0.6) is 0 Å². The molecule has 0 spiro atoms. The molecule has 0 aliphatic carbocycles. The van der Waals surface area contributed by atoms with Crippen molar-refractivity contribution >= 4 is 16.9 Å². The van der Waals surface area contributed by atoms with Crippen molar-refractivity contribution in [2.24, 2.45) is 0 Å². The number of fused-ring (bicyclic) bond motifs is 2. The lowest BCUT2D eigenvalue weighted by atomic mass is 10.0. The van der Waals surface area contributed by atoms with Crippen molar-refractivity contribution in [1.29, 1.82) is 0 Å². The number of aliphatic hydroxyl groups excluding tert-OH is 1. The Morgan fingerprint density at radius 2 is 2.04 bits per heavy atom. The second-order valence-electron chi connectivity index (χ2n) is 8.02. The molecule has 2 saturated heterocycles. The van der Waals surface area contributed by atoms with Gasteiger partial charge >= 0.3 is 5.97 Å². The Balaban J connectivity index is 1.64. The molecule has 0 unspecified atom stereocenters. The van der Waals surface area contributed by atoms with Gasteiger partial charge in [-0.2, -0.15) is 0 Å². The van der Waals surface area contributed by atoms with Gasteiger partial charge in [-0.25, -0.2) is 0 Å². The molecule has 0 amide bonds. The predicted octanol–water partition coefficient (Wildman–Crippen LogP) is 1.76. The lowest BCUT2D eigenvalue weighted by Crippen LogP contribution is -2.54. The maximum Gasteiger partial charge on any atom is 0.325 e. The molecule has 6 heteroatoms. The number of carbonyl (C=O) groups excluding carboxylic acids is 1. The maximum absolute atomic E-state index is 11.9. The minimum Gasteiger partial charge on any atom is -0.468 e. The number of ether oxygens (including phenoxy) is 1. The summed E-state index contributed by atoms with van der Waals surface area (Å²) >= 11 is 0. The van der Waals surface area contributed by atoms with Gasteiger partial charge < -0.3 is 14.4 Å². The molecule has 2 fully saturated rings. The van der Waals surface area contributed by atoms with E-state index >= 15 is 0 Å². The molecule has 6 nitrogen and oxygen atoms in total. The van der Waals surface area contributed by atoms with Crippen LogP contribution in [0.2, 0.25) is 0 Å². The van der Waals surface area contributed by atoms with E-state index in [9.17, 15) is 9.90 Å². The summed E-state index contributed by atoms with van der Waals surface area (Å²) in [5.41, 5.74) is 3.49. The Labute approximate surface area is 160 Å². The van der Waals surface area contributed by atoms with Gasteiger partial charge in [-0.05, 0) is 31.9 Å². The normalized spacial score (nSPS) is 26.4. The van der Waals surface area contributed by atoms with Crippen LogP contribution < -0.4 is 0 Å². The summed E-state index contributed by atoms with van der Waals surface area (Å²) < 4.78 is 6.96. The Morgan fingerprint density at radius 1 is 1.26 bits per heavy atom. The number of nitrogens with zero attached hydrogens (tertiary/aromatic N) is 3. The number of piperazine rings is 1. The van der Waals surface area contributed by atoms with E-state index < -0.39 is 0 Å². The molecule has 1 aromatic heterocycles. The van der Waals surface area contributed by atoms with Gasteiger partial charge in [-0.15, -0.1) is 0 Å². The molecule has 4 rings (SSSR count). The zero-order valence-electron chi connectivity index (χ0n) is 16.4. The van der Waals surface area contributed by atoms with E-state index in [1.807, 2.05) is 6.07 Å². The first-order valence-electron chi connectivity index (χ1n) is 9.77. The third-order valence-corrected chi connectivity index (χ3v) is 6.31. The van der Waals surface area contributed by atoms with Crippen molar-refractivity contribution in [2.75, 3.05) is 26.7 Å². The summed E-state index contributed by atoms with van der Waals surface area (Å²) in [6.45, 7) is 8.25. The van der Waals surface area contributed by atoms with Crippen LogP contribution in [0.15, 0.2) is 24.3 Å². The largest absolute Gasteiger partial charge is 0.468 e. The van der Waals surface area contributed by atoms with E-state index in [1.165, 1.54) is 18.1 Å². The molecule has 0 saturated carbocycles. The SMILES string of the molecule is COC(=O)Cn1c(C)c(CN2C[C@@H]3C[C@@H](O)CN3C[C@H]2C)c2ccccc21. The molecule has 0 bridgehead atoms. The molecule has 0 radical (unpaired) electrons. The second kappa shape index (κ2) is 7.26. The maximum atomic E-state index is 11.9. The quantitative estimate of drug-likeness (QED) is 0.830. The summed E-state index contributed by atoms with van der Waals surface area (Å²) in [5.74, 6) is -0.229. The van der Waals surface area contributed by atoms with Gasteiger partial charge in [0, 0.05) is 54.9 Å². The lowest BCUT2D eigenvalue weighted by molar-refractivity contribution is -0.141. The van der Waals surface area contributed by atoms with Crippen molar-refractivity contribution in [3.8, 4) is 0 Å². The van der Waals surface area contributed by atoms with Gasteiger partial charge in [0.15, 0.2) is 0 Å². The summed E-state index contributed by atoms with van der Waals surface area (Å²) in [6, 6.07) is 9.17. The van der Waals surface area contributed by atoms with Crippen LogP contribution in [-0.4, -0.2) is 70.4 Å². The zero-order valence-corrected chi connectivity index (χ0v) is 16.4. The number of aromatic nitrogens is 1. The minimum atomic E-state index is -0.229. The van der Waals surface area contributed by atoms with E-state index in [4.69, 9.17) is 4.74 Å². The van der Waals surface area contributed by atoms with Crippen LogP contribution in [-0.2, 0) is 22.6 Å². The highest BCUT2D eigenvalue weighted by molar-refractivity contribution is 5.87. The lowest BCUT2D eigenvalue weighted by Gasteiger charge is -2.42. The van der Waals surface area contributed by atoms with Gasteiger partial charge in [0.05, 0.1) is 13.2 Å². The summed E-state index contributed by atoms with van der Waals surface area (Å²) in [6.07, 6.45) is 0.678. The number of hydrogen-bond donors (Lipinski definition) is 1. The molecule has 2 aliphatic heterocycles. The molecule has 1 aromatic carbocycles. The molecular formula is C21H29N3O3. The number of para-hydroxylation sites is 1. The Hall–Kier alpha value is -1.89. The average Bonchev–Trinajstić information content (AvgIpc) is 3.13. The van der Waals surface area contributed by atoms with E-state index in [0.29, 0.717) is 12.1 Å². The smallest absolute Gasteiger partial charge is 0.325 e. The first kappa shape index (κ1) is 18.5. The van der Waals surface area contributed by atoms with Gasteiger partial charge in [-0.1, -0.05) is 18.2 Å². The van der Waals surface area contributed by atoms with Crippen LogP contribution in [0.4, 0.5) is 0 Å². The van der Waals surface area contributed by atoms with Gasteiger partial charge in [0.25, 0.3) is 0 Å². The molecular weight excluding hydrogens is 342 g/mol. The molecule has 146 valence electrons. The number of methoxy groups -OCH3 is 1. The first-order valence-corrected chi connectivity index (χ1v) is 9.77.